The highest BCUT2D eigenvalue weighted by Gasteiger charge is 1.88. The zero-order chi connectivity index (χ0) is 9.40. The van der Waals surface area contributed by atoms with E-state index in [2.05, 4.69) is 16.9 Å². The molecule has 68 valence electrons. The van der Waals surface area contributed by atoms with Gasteiger partial charge in [-0.2, -0.15) is 0 Å². The molecule has 0 bridgehead atoms. The number of nitrogens with zero attached hydrogens (tertiary/aromatic N) is 2. The Kier molecular flexibility index (Phi) is 6.01. The molecule has 0 spiro atoms. The first kappa shape index (κ1) is 10.9. The number of rotatable bonds is 5. The number of nitrogens with one attached hydrogen (secondary N) is 1. The second kappa shape index (κ2) is 6.61. The van der Waals surface area contributed by atoms with Gasteiger partial charge < -0.3 is 5.32 Å². The zero-order valence-electron chi connectivity index (χ0n) is 8.04. The molecule has 0 rings (SSSR count). The smallest absolute Gasteiger partial charge is 0.119 e. The van der Waals surface area contributed by atoms with E-state index in [1.54, 1.807) is 6.21 Å². The molecular weight excluding hydrogens is 150 g/mol. The molecule has 0 radical (unpaired) electrons. The lowest BCUT2D eigenvalue weighted by molar-refractivity contribution is 0.386. The molecule has 0 atom stereocenters. The van der Waals surface area contributed by atoms with Crippen molar-refractivity contribution in [3.8, 4) is 0 Å². The van der Waals surface area contributed by atoms with Crippen LogP contribution in [0.5, 0.6) is 0 Å². The second-order valence-corrected chi connectivity index (χ2v) is 2.67. The maximum atomic E-state index is 4.04. The van der Waals surface area contributed by atoms with E-state index < -0.39 is 0 Å². The molecule has 0 aromatic heterocycles. The van der Waals surface area contributed by atoms with E-state index in [-0.39, 0.29) is 0 Å². The monoisotopic (exact) mass is 167 g/mol. The van der Waals surface area contributed by atoms with Crippen molar-refractivity contribution in [1.82, 2.24) is 10.2 Å². The predicted octanol–water partition coefficient (Wildman–Crippen LogP) is 1.21. The van der Waals surface area contributed by atoms with Crippen LogP contribution in [0.2, 0.25) is 0 Å². The maximum absolute atomic E-state index is 4.04. The molecule has 0 aromatic rings. The van der Waals surface area contributed by atoms with Crippen LogP contribution in [0.1, 0.15) is 6.92 Å². The highest BCUT2D eigenvalue weighted by molar-refractivity contribution is 5.71. The third kappa shape index (κ3) is 7.02. The SMILES string of the molecule is C=C(/N=C\C=C/C)NCN(C)C. The van der Waals surface area contributed by atoms with Gasteiger partial charge in [-0.15, -0.1) is 0 Å². The van der Waals surface area contributed by atoms with Gasteiger partial charge in [0.1, 0.15) is 5.82 Å². The maximum Gasteiger partial charge on any atom is 0.119 e. The van der Waals surface area contributed by atoms with Crippen molar-refractivity contribution >= 4 is 6.21 Å². The van der Waals surface area contributed by atoms with E-state index in [4.69, 9.17) is 0 Å². The van der Waals surface area contributed by atoms with Crippen molar-refractivity contribution in [2.45, 2.75) is 6.92 Å². The van der Waals surface area contributed by atoms with E-state index in [0.29, 0.717) is 5.82 Å². The Morgan fingerprint density at radius 2 is 2.25 bits per heavy atom. The Balaban J connectivity index is 3.59. The molecular formula is C9H17N3. The summed E-state index contributed by atoms with van der Waals surface area (Å²) in [6.45, 7) is 6.43. The highest BCUT2D eigenvalue weighted by Crippen LogP contribution is 1.84. The van der Waals surface area contributed by atoms with Crippen LogP contribution in [0.4, 0.5) is 0 Å². The van der Waals surface area contributed by atoms with Crippen LogP contribution in [-0.4, -0.2) is 31.9 Å². The van der Waals surface area contributed by atoms with Crippen molar-refractivity contribution in [3.05, 3.63) is 24.6 Å². The number of hydrogen-bond acceptors (Lipinski definition) is 3. The standard InChI is InChI=1S/C9H17N3/c1-5-6-7-10-9(2)11-8-12(3)4/h5-7,11H,2,8H2,1,3-4H3/b6-5-,10-7-. The van der Waals surface area contributed by atoms with Crippen molar-refractivity contribution < 1.29 is 0 Å². The average Bonchev–Trinajstić information content (AvgIpc) is 2.01. The molecule has 0 aliphatic heterocycles. The summed E-state index contributed by atoms with van der Waals surface area (Å²) in [5, 5.41) is 3.04. The molecule has 0 aliphatic carbocycles. The summed E-state index contributed by atoms with van der Waals surface area (Å²) in [7, 11) is 3.96. The van der Waals surface area contributed by atoms with Gasteiger partial charge in [-0.1, -0.05) is 12.7 Å². The molecule has 3 nitrogen and oxygen atoms in total. The molecule has 0 heterocycles. The Morgan fingerprint density at radius 3 is 2.75 bits per heavy atom. The summed E-state index contributed by atoms with van der Waals surface area (Å²) in [4.78, 5) is 6.05. The summed E-state index contributed by atoms with van der Waals surface area (Å²) in [5.74, 6) is 0.682. The van der Waals surface area contributed by atoms with Gasteiger partial charge in [0.25, 0.3) is 0 Å². The minimum atomic E-state index is 0.682. The van der Waals surface area contributed by atoms with Gasteiger partial charge in [-0.05, 0) is 27.1 Å². The zero-order valence-corrected chi connectivity index (χ0v) is 8.04. The van der Waals surface area contributed by atoms with Crippen LogP contribution < -0.4 is 5.32 Å². The number of allylic oxidation sites excluding steroid dienone is 2. The van der Waals surface area contributed by atoms with Crippen LogP contribution >= 0.6 is 0 Å². The Hall–Kier alpha value is -1.09. The lowest BCUT2D eigenvalue weighted by Crippen LogP contribution is -2.26. The normalized spacial score (nSPS) is 11.7. The Bertz CT molecular complexity index is 180. The van der Waals surface area contributed by atoms with Gasteiger partial charge in [0.15, 0.2) is 0 Å². The Morgan fingerprint density at radius 1 is 1.58 bits per heavy atom. The topological polar surface area (TPSA) is 27.6 Å². The first-order valence-electron chi connectivity index (χ1n) is 3.89. The average molecular weight is 167 g/mol. The fourth-order valence-corrected chi connectivity index (χ4v) is 0.514. The number of aliphatic imine (C=N–C) groups is 1. The quantitative estimate of drug-likeness (QED) is 0.492. The lowest BCUT2D eigenvalue weighted by atomic mass is 10.5. The fourth-order valence-electron chi connectivity index (χ4n) is 0.514. The predicted molar refractivity (Wildman–Crippen MR) is 54.1 cm³/mol. The largest absolute Gasteiger partial charge is 0.358 e. The van der Waals surface area contributed by atoms with Crippen molar-refractivity contribution in [1.29, 1.82) is 0 Å². The van der Waals surface area contributed by atoms with E-state index in [1.165, 1.54) is 0 Å². The van der Waals surface area contributed by atoms with Crippen LogP contribution in [-0.2, 0) is 0 Å². The first-order valence-corrected chi connectivity index (χ1v) is 3.89. The summed E-state index contributed by atoms with van der Waals surface area (Å²) < 4.78 is 0. The van der Waals surface area contributed by atoms with Gasteiger partial charge in [-0.3, -0.25) is 4.90 Å². The Labute approximate surface area is 74.5 Å². The second-order valence-electron chi connectivity index (χ2n) is 2.67. The molecule has 1 N–H and O–H groups in total. The van der Waals surface area contributed by atoms with E-state index in [9.17, 15) is 0 Å². The summed E-state index contributed by atoms with van der Waals surface area (Å²) >= 11 is 0. The summed E-state index contributed by atoms with van der Waals surface area (Å²) in [6, 6.07) is 0. The third-order valence-corrected chi connectivity index (χ3v) is 1.11. The van der Waals surface area contributed by atoms with E-state index in [0.717, 1.165) is 6.67 Å². The first-order chi connectivity index (χ1) is 5.66. The van der Waals surface area contributed by atoms with E-state index in [1.807, 2.05) is 38.1 Å². The van der Waals surface area contributed by atoms with Gasteiger partial charge in [0.2, 0.25) is 0 Å². The molecule has 0 saturated heterocycles. The van der Waals surface area contributed by atoms with Gasteiger partial charge >= 0.3 is 0 Å². The lowest BCUT2D eigenvalue weighted by Gasteiger charge is -2.10. The molecule has 0 fully saturated rings. The minimum absolute atomic E-state index is 0.682. The molecule has 0 unspecified atom stereocenters. The molecule has 0 aromatic carbocycles. The van der Waals surface area contributed by atoms with Crippen LogP contribution in [0.15, 0.2) is 29.5 Å². The molecule has 0 amide bonds. The van der Waals surface area contributed by atoms with Gasteiger partial charge in [0, 0.05) is 6.21 Å². The van der Waals surface area contributed by atoms with Gasteiger partial charge in [0.05, 0.1) is 6.67 Å². The summed E-state index contributed by atoms with van der Waals surface area (Å²) in [6.07, 6.45) is 5.50. The third-order valence-electron chi connectivity index (χ3n) is 1.11. The van der Waals surface area contributed by atoms with Crippen molar-refractivity contribution in [2.75, 3.05) is 20.8 Å². The van der Waals surface area contributed by atoms with Crippen LogP contribution in [0.25, 0.3) is 0 Å². The minimum Gasteiger partial charge on any atom is -0.358 e. The van der Waals surface area contributed by atoms with Crippen molar-refractivity contribution in [2.24, 2.45) is 4.99 Å². The molecule has 0 aliphatic rings. The highest BCUT2D eigenvalue weighted by atomic mass is 15.2. The van der Waals surface area contributed by atoms with Crippen LogP contribution in [0.3, 0.4) is 0 Å². The molecule has 12 heavy (non-hydrogen) atoms. The number of hydrogen-bond donors (Lipinski definition) is 1. The fraction of sp³-hybridized carbons (Fsp3) is 0.444. The van der Waals surface area contributed by atoms with Gasteiger partial charge in [-0.25, -0.2) is 4.99 Å². The summed E-state index contributed by atoms with van der Waals surface area (Å²) in [5.41, 5.74) is 0. The van der Waals surface area contributed by atoms with Crippen LogP contribution in [0, 0.1) is 0 Å². The van der Waals surface area contributed by atoms with E-state index >= 15 is 0 Å². The molecule has 0 saturated carbocycles. The molecule has 3 heteroatoms. The van der Waals surface area contributed by atoms with Crippen molar-refractivity contribution in [3.63, 3.8) is 0 Å².